The van der Waals surface area contributed by atoms with Gasteiger partial charge < -0.3 is 4.57 Å². The molecule has 0 saturated carbocycles. The molecular weight excluding hydrogens is 394 g/mol. The quantitative estimate of drug-likeness (QED) is 0.400. The van der Waals surface area contributed by atoms with E-state index in [0.717, 1.165) is 58.2 Å². The van der Waals surface area contributed by atoms with Crippen molar-refractivity contribution in [1.82, 2.24) is 14.5 Å². The lowest BCUT2D eigenvalue weighted by Gasteiger charge is -2.11. The Balaban J connectivity index is 1.81. The maximum Gasteiger partial charge on any atom is 0.147 e. The van der Waals surface area contributed by atoms with Crippen molar-refractivity contribution in [3.05, 3.63) is 60.6 Å². The Morgan fingerprint density at radius 1 is 0.967 bits per heavy atom. The second-order valence-corrected chi connectivity index (χ2v) is 10.1. The van der Waals surface area contributed by atoms with E-state index in [0.29, 0.717) is 13.0 Å². The van der Waals surface area contributed by atoms with Gasteiger partial charge in [0.05, 0.1) is 23.0 Å². The van der Waals surface area contributed by atoms with Crippen molar-refractivity contribution in [1.29, 1.82) is 0 Å². The normalized spacial score (nSPS) is 12.1. The van der Waals surface area contributed by atoms with Crippen LogP contribution in [0, 0.1) is 0 Å². The smallest absolute Gasteiger partial charge is 0.147 e. The minimum atomic E-state index is -2.99. The fourth-order valence-electron chi connectivity index (χ4n) is 3.92. The van der Waals surface area contributed by atoms with Crippen LogP contribution < -0.4 is 0 Å². The van der Waals surface area contributed by atoms with Crippen molar-refractivity contribution in [3.63, 3.8) is 0 Å². The van der Waals surface area contributed by atoms with Crippen LogP contribution >= 0.6 is 0 Å². The molecule has 156 valence electrons. The predicted octanol–water partition coefficient (Wildman–Crippen LogP) is 5.03. The minimum Gasteiger partial charge on any atom is -0.327 e. The third-order valence-electron chi connectivity index (χ3n) is 5.41. The topological polar surface area (TPSA) is 64.8 Å². The van der Waals surface area contributed by atoms with E-state index in [4.69, 9.17) is 4.98 Å². The average Bonchev–Trinajstić information content (AvgIpc) is 3.09. The number of benzene rings is 2. The lowest BCUT2D eigenvalue weighted by Crippen LogP contribution is -2.10. The standard InChI is InChI=1S/C24H27N3O2S/c1-3-4-11-23-26-22-17-25-21-16-19(18-9-6-5-7-10-18)12-13-20(21)24(22)27(23)14-8-15-30(2,28)29/h5-7,9-10,12-13,16-17H,3-4,8,11,14-15H2,1-2H3. The second kappa shape index (κ2) is 8.56. The molecule has 0 N–H and O–H groups in total. The Labute approximate surface area is 177 Å². The SMILES string of the molecule is CCCCc1nc2cnc3cc(-c4ccccc4)ccc3c2n1CCCS(C)(=O)=O. The van der Waals surface area contributed by atoms with E-state index < -0.39 is 9.84 Å². The number of unbranched alkanes of at least 4 members (excludes halogenated alkanes) is 1. The van der Waals surface area contributed by atoms with E-state index in [1.165, 1.54) is 6.26 Å². The highest BCUT2D eigenvalue weighted by atomic mass is 32.2. The van der Waals surface area contributed by atoms with Gasteiger partial charge in [-0.1, -0.05) is 55.8 Å². The summed E-state index contributed by atoms with van der Waals surface area (Å²) in [5, 5.41) is 1.06. The summed E-state index contributed by atoms with van der Waals surface area (Å²) in [5.41, 5.74) is 5.14. The molecule has 0 atom stereocenters. The average molecular weight is 422 g/mol. The van der Waals surface area contributed by atoms with Crippen molar-refractivity contribution in [2.24, 2.45) is 0 Å². The number of aryl methyl sites for hydroxylation is 2. The summed E-state index contributed by atoms with van der Waals surface area (Å²) in [4.78, 5) is 9.53. The molecule has 2 aromatic heterocycles. The van der Waals surface area contributed by atoms with Gasteiger partial charge >= 0.3 is 0 Å². The van der Waals surface area contributed by atoms with Crippen molar-refractivity contribution in [2.75, 3.05) is 12.0 Å². The third kappa shape index (κ3) is 4.38. The first-order chi connectivity index (χ1) is 14.5. The van der Waals surface area contributed by atoms with E-state index in [-0.39, 0.29) is 5.75 Å². The molecule has 0 bridgehead atoms. The fourth-order valence-corrected chi connectivity index (χ4v) is 4.58. The number of rotatable bonds is 8. The van der Waals surface area contributed by atoms with Crippen molar-refractivity contribution < 1.29 is 8.42 Å². The van der Waals surface area contributed by atoms with Crippen LogP contribution in [0.1, 0.15) is 32.0 Å². The molecule has 2 heterocycles. The summed E-state index contributed by atoms with van der Waals surface area (Å²) in [6, 6.07) is 16.6. The highest BCUT2D eigenvalue weighted by molar-refractivity contribution is 7.90. The second-order valence-electron chi connectivity index (χ2n) is 7.86. The monoisotopic (exact) mass is 421 g/mol. The van der Waals surface area contributed by atoms with Gasteiger partial charge in [-0.05, 0) is 30.0 Å². The molecule has 0 aliphatic heterocycles. The molecule has 4 aromatic rings. The maximum atomic E-state index is 11.6. The summed E-state index contributed by atoms with van der Waals surface area (Å²) in [7, 11) is -2.99. The zero-order chi connectivity index (χ0) is 21.1. The molecule has 0 saturated heterocycles. The molecule has 0 fully saturated rings. The molecule has 2 aromatic carbocycles. The fraction of sp³-hybridized carbons (Fsp3) is 0.333. The zero-order valence-electron chi connectivity index (χ0n) is 17.5. The Kier molecular flexibility index (Phi) is 5.86. The van der Waals surface area contributed by atoms with Gasteiger partial charge in [0, 0.05) is 24.6 Å². The molecule has 5 nitrogen and oxygen atoms in total. The van der Waals surface area contributed by atoms with Crippen molar-refractivity contribution in [2.45, 2.75) is 39.2 Å². The number of aromatic nitrogens is 3. The summed E-state index contributed by atoms with van der Waals surface area (Å²) in [5.74, 6) is 1.20. The number of sulfone groups is 1. The third-order valence-corrected chi connectivity index (χ3v) is 6.44. The van der Waals surface area contributed by atoms with Crippen LogP contribution in [0.25, 0.3) is 33.1 Å². The van der Waals surface area contributed by atoms with E-state index in [1.54, 1.807) is 0 Å². The Morgan fingerprint density at radius 3 is 2.50 bits per heavy atom. The van der Waals surface area contributed by atoms with Crippen LogP contribution in [0.15, 0.2) is 54.7 Å². The van der Waals surface area contributed by atoms with Gasteiger partial charge in [-0.25, -0.2) is 13.4 Å². The number of nitrogens with zero attached hydrogens (tertiary/aromatic N) is 3. The van der Waals surface area contributed by atoms with E-state index in [1.807, 2.05) is 24.4 Å². The summed E-state index contributed by atoms with van der Waals surface area (Å²) < 4.78 is 25.5. The molecule has 0 aliphatic rings. The summed E-state index contributed by atoms with van der Waals surface area (Å²) >= 11 is 0. The molecule has 6 heteroatoms. The molecule has 0 amide bonds. The van der Waals surface area contributed by atoms with Gasteiger partial charge in [0.2, 0.25) is 0 Å². The molecule has 30 heavy (non-hydrogen) atoms. The molecule has 4 rings (SSSR count). The Morgan fingerprint density at radius 2 is 1.77 bits per heavy atom. The lowest BCUT2D eigenvalue weighted by atomic mass is 10.0. The maximum absolute atomic E-state index is 11.6. The van der Waals surface area contributed by atoms with Crippen LogP contribution in [0.5, 0.6) is 0 Å². The number of hydrogen-bond donors (Lipinski definition) is 0. The van der Waals surface area contributed by atoms with Crippen LogP contribution in [-0.2, 0) is 22.8 Å². The van der Waals surface area contributed by atoms with Crippen LogP contribution in [0.4, 0.5) is 0 Å². The zero-order valence-corrected chi connectivity index (χ0v) is 18.3. The number of pyridine rings is 1. The minimum absolute atomic E-state index is 0.182. The Hall–Kier alpha value is -2.73. The van der Waals surface area contributed by atoms with Crippen molar-refractivity contribution in [3.8, 4) is 11.1 Å². The number of hydrogen-bond acceptors (Lipinski definition) is 4. The number of fused-ring (bicyclic) bond motifs is 3. The van der Waals surface area contributed by atoms with E-state index >= 15 is 0 Å². The lowest BCUT2D eigenvalue weighted by molar-refractivity contribution is 0.588. The van der Waals surface area contributed by atoms with Crippen molar-refractivity contribution >= 4 is 31.8 Å². The molecule has 0 aliphatic carbocycles. The van der Waals surface area contributed by atoms with Crippen LogP contribution in [0.2, 0.25) is 0 Å². The molecule has 0 radical (unpaired) electrons. The predicted molar refractivity (Wildman–Crippen MR) is 123 cm³/mol. The van der Waals surface area contributed by atoms with Gasteiger partial charge in [-0.3, -0.25) is 4.98 Å². The highest BCUT2D eigenvalue weighted by Gasteiger charge is 2.15. The van der Waals surface area contributed by atoms with Gasteiger partial charge in [-0.2, -0.15) is 0 Å². The Bertz CT molecular complexity index is 1280. The first-order valence-electron chi connectivity index (χ1n) is 10.5. The molecular formula is C24H27N3O2S. The van der Waals surface area contributed by atoms with E-state index in [2.05, 4.69) is 46.8 Å². The van der Waals surface area contributed by atoms with Gasteiger partial charge in [0.15, 0.2) is 0 Å². The van der Waals surface area contributed by atoms with E-state index in [9.17, 15) is 8.42 Å². The first kappa shape index (κ1) is 20.5. The van der Waals surface area contributed by atoms with Gasteiger partial charge in [0.1, 0.15) is 21.2 Å². The van der Waals surface area contributed by atoms with Gasteiger partial charge in [-0.15, -0.1) is 0 Å². The molecule has 0 unspecified atom stereocenters. The molecule has 0 spiro atoms. The van der Waals surface area contributed by atoms with Gasteiger partial charge in [0.25, 0.3) is 0 Å². The van der Waals surface area contributed by atoms with Crippen LogP contribution in [-0.4, -0.2) is 35.0 Å². The summed E-state index contributed by atoms with van der Waals surface area (Å²) in [6.07, 6.45) is 6.74. The largest absolute Gasteiger partial charge is 0.327 e. The summed E-state index contributed by atoms with van der Waals surface area (Å²) in [6.45, 7) is 2.81. The highest BCUT2D eigenvalue weighted by Crippen LogP contribution is 2.29. The first-order valence-corrected chi connectivity index (χ1v) is 12.5. The van der Waals surface area contributed by atoms with Crippen LogP contribution in [0.3, 0.4) is 0 Å². The number of imidazole rings is 1.